The first-order valence-electron chi connectivity index (χ1n) is 4.91. The van der Waals surface area contributed by atoms with Gasteiger partial charge in [0.1, 0.15) is 11.5 Å². The van der Waals surface area contributed by atoms with Gasteiger partial charge in [-0.15, -0.1) is 0 Å². The van der Waals surface area contributed by atoms with Gasteiger partial charge in [0, 0.05) is 12.3 Å². The third-order valence-corrected chi connectivity index (χ3v) is 2.78. The van der Waals surface area contributed by atoms with Crippen molar-refractivity contribution in [2.75, 3.05) is 24.4 Å². The van der Waals surface area contributed by atoms with Crippen molar-refractivity contribution >= 4 is 21.4 Å². The molecule has 0 saturated carbocycles. The maximum Gasteiger partial charge on any atom is 0.239 e. The number of nitrogens with zero attached hydrogens (tertiary/aromatic N) is 1. The molecule has 1 aromatic carbocycles. The van der Waals surface area contributed by atoms with E-state index in [0.717, 1.165) is 6.26 Å². The van der Waals surface area contributed by atoms with E-state index < -0.39 is 21.5 Å². The van der Waals surface area contributed by atoms with Crippen molar-refractivity contribution in [2.24, 2.45) is 0 Å². The molecule has 1 rings (SSSR count). The summed E-state index contributed by atoms with van der Waals surface area (Å²) in [5.41, 5.74) is 0.707. The molecule has 1 amide bonds. The molecule has 1 aromatic rings. The Kier molecular flexibility index (Phi) is 4.28. The van der Waals surface area contributed by atoms with E-state index in [4.69, 9.17) is 10.00 Å². The second kappa shape index (κ2) is 5.51. The van der Waals surface area contributed by atoms with E-state index in [9.17, 15) is 13.2 Å². The second-order valence-electron chi connectivity index (χ2n) is 3.65. The van der Waals surface area contributed by atoms with Crippen LogP contribution in [0, 0.1) is 11.3 Å². The lowest BCUT2D eigenvalue weighted by molar-refractivity contribution is -0.113. The number of anilines is 1. The summed E-state index contributed by atoms with van der Waals surface area (Å²) >= 11 is 0. The molecule has 18 heavy (non-hydrogen) atoms. The summed E-state index contributed by atoms with van der Waals surface area (Å²) in [6.45, 7) is 0. The standard InChI is InChI=1S/C11H12N2O4S/c1-17-10-5-8(6-12)3-4-9(10)13-11(14)7-18(2,15)16/h3-5H,7H2,1-2H3,(H,13,14). The van der Waals surface area contributed by atoms with Crippen molar-refractivity contribution in [3.05, 3.63) is 23.8 Å². The van der Waals surface area contributed by atoms with Gasteiger partial charge in [-0.1, -0.05) is 0 Å². The second-order valence-corrected chi connectivity index (χ2v) is 5.79. The van der Waals surface area contributed by atoms with Gasteiger partial charge < -0.3 is 10.1 Å². The van der Waals surface area contributed by atoms with Crippen LogP contribution in [0.3, 0.4) is 0 Å². The lowest BCUT2D eigenvalue weighted by Crippen LogP contribution is -2.22. The molecule has 6 nitrogen and oxygen atoms in total. The Balaban J connectivity index is 2.92. The fourth-order valence-electron chi connectivity index (χ4n) is 1.29. The van der Waals surface area contributed by atoms with Crippen LogP contribution in [0.25, 0.3) is 0 Å². The number of carbonyl (C=O) groups excluding carboxylic acids is 1. The minimum Gasteiger partial charge on any atom is -0.495 e. The first-order valence-corrected chi connectivity index (χ1v) is 6.97. The van der Waals surface area contributed by atoms with Crippen LogP contribution in [-0.4, -0.2) is 33.4 Å². The van der Waals surface area contributed by atoms with E-state index >= 15 is 0 Å². The normalized spacial score (nSPS) is 10.5. The van der Waals surface area contributed by atoms with Crippen molar-refractivity contribution in [1.29, 1.82) is 5.26 Å². The smallest absolute Gasteiger partial charge is 0.239 e. The molecule has 7 heteroatoms. The number of methoxy groups -OCH3 is 1. The van der Waals surface area contributed by atoms with Crippen molar-refractivity contribution in [3.63, 3.8) is 0 Å². The van der Waals surface area contributed by atoms with Gasteiger partial charge in [0.25, 0.3) is 0 Å². The van der Waals surface area contributed by atoms with Gasteiger partial charge in [0.15, 0.2) is 9.84 Å². The Morgan fingerprint density at radius 2 is 2.17 bits per heavy atom. The summed E-state index contributed by atoms with van der Waals surface area (Å²) < 4.78 is 26.9. The molecule has 0 saturated heterocycles. The first-order chi connectivity index (χ1) is 8.35. The molecule has 1 N–H and O–H groups in total. The lowest BCUT2D eigenvalue weighted by atomic mass is 10.2. The number of sulfone groups is 1. The Labute approximate surface area is 105 Å². The third kappa shape index (κ3) is 4.07. The van der Waals surface area contributed by atoms with Crippen LogP contribution in [-0.2, 0) is 14.6 Å². The van der Waals surface area contributed by atoms with Crippen LogP contribution in [0.15, 0.2) is 18.2 Å². The summed E-state index contributed by atoms with van der Waals surface area (Å²) in [6.07, 6.45) is 0.975. The molecule has 0 spiro atoms. The molecular formula is C11H12N2O4S. The predicted molar refractivity (Wildman–Crippen MR) is 66.0 cm³/mol. The van der Waals surface area contributed by atoms with E-state index in [2.05, 4.69) is 5.32 Å². The zero-order chi connectivity index (χ0) is 13.8. The largest absolute Gasteiger partial charge is 0.495 e. The van der Waals surface area contributed by atoms with E-state index in [1.54, 1.807) is 0 Å². The molecule has 0 aliphatic heterocycles. The molecule has 0 atom stereocenters. The average Bonchev–Trinajstić information content (AvgIpc) is 2.27. The SMILES string of the molecule is COc1cc(C#N)ccc1NC(=O)CS(C)(=O)=O. The molecule has 0 heterocycles. The number of hydrogen-bond acceptors (Lipinski definition) is 5. The van der Waals surface area contributed by atoms with Gasteiger partial charge in [-0.25, -0.2) is 8.42 Å². The van der Waals surface area contributed by atoms with Crippen LogP contribution in [0.2, 0.25) is 0 Å². The number of ether oxygens (including phenoxy) is 1. The van der Waals surface area contributed by atoms with Crippen LogP contribution in [0.5, 0.6) is 5.75 Å². The molecule has 0 bridgehead atoms. The Hall–Kier alpha value is -2.07. The zero-order valence-electron chi connectivity index (χ0n) is 9.93. The summed E-state index contributed by atoms with van der Waals surface area (Å²) in [5, 5.41) is 11.1. The number of carbonyl (C=O) groups is 1. The van der Waals surface area contributed by atoms with Gasteiger partial charge >= 0.3 is 0 Å². The predicted octanol–water partition coefficient (Wildman–Crippen LogP) is 0.550. The molecule has 0 aliphatic carbocycles. The summed E-state index contributed by atoms with van der Waals surface area (Å²) in [7, 11) is -1.99. The van der Waals surface area contributed by atoms with Crippen molar-refractivity contribution in [1.82, 2.24) is 0 Å². The number of nitrogens with one attached hydrogen (secondary N) is 1. The fraction of sp³-hybridized carbons (Fsp3) is 0.273. The van der Waals surface area contributed by atoms with Crippen LogP contribution in [0.1, 0.15) is 5.56 Å². The highest BCUT2D eigenvalue weighted by Gasteiger charge is 2.13. The highest BCUT2D eigenvalue weighted by molar-refractivity contribution is 7.91. The van der Waals surface area contributed by atoms with Gasteiger partial charge in [0.2, 0.25) is 5.91 Å². The monoisotopic (exact) mass is 268 g/mol. The summed E-state index contributed by atoms with van der Waals surface area (Å²) in [4.78, 5) is 11.4. The van der Waals surface area contributed by atoms with E-state index in [0.29, 0.717) is 17.0 Å². The van der Waals surface area contributed by atoms with Crippen molar-refractivity contribution in [3.8, 4) is 11.8 Å². The number of nitriles is 1. The summed E-state index contributed by atoms with van der Waals surface area (Å²) in [5.74, 6) is -0.952. The topological polar surface area (TPSA) is 96.3 Å². The van der Waals surface area contributed by atoms with E-state index in [-0.39, 0.29) is 0 Å². The number of amides is 1. The minimum absolute atomic E-state index is 0.302. The first kappa shape index (κ1) is 14.0. The number of hydrogen-bond donors (Lipinski definition) is 1. The minimum atomic E-state index is -3.38. The van der Waals surface area contributed by atoms with Gasteiger partial charge in [-0.05, 0) is 12.1 Å². The molecule has 0 aromatic heterocycles. The summed E-state index contributed by atoms with van der Waals surface area (Å²) in [6, 6.07) is 6.37. The van der Waals surface area contributed by atoms with Crippen LogP contribution in [0.4, 0.5) is 5.69 Å². The van der Waals surface area contributed by atoms with E-state index in [1.165, 1.54) is 25.3 Å². The van der Waals surface area contributed by atoms with Crippen molar-refractivity contribution in [2.45, 2.75) is 0 Å². The highest BCUT2D eigenvalue weighted by Crippen LogP contribution is 2.25. The molecule has 0 fully saturated rings. The Morgan fingerprint density at radius 3 is 2.67 bits per heavy atom. The van der Waals surface area contributed by atoms with Gasteiger partial charge in [-0.2, -0.15) is 5.26 Å². The fourth-order valence-corrected chi connectivity index (χ4v) is 1.84. The number of benzene rings is 1. The highest BCUT2D eigenvalue weighted by atomic mass is 32.2. The molecule has 0 aliphatic rings. The van der Waals surface area contributed by atoms with Crippen LogP contribution < -0.4 is 10.1 Å². The Bertz CT molecular complexity index is 602. The van der Waals surface area contributed by atoms with Gasteiger partial charge in [-0.3, -0.25) is 4.79 Å². The average molecular weight is 268 g/mol. The number of rotatable bonds is 4. The molecule has 0 radical (unpaired) electrons. The third-order valence-electron chi connectivity index (χ3n) is 2.00. The molecule has 0 unspecified atom stereocenters. The zero-order valence-corrected chi connectivity index (χ0v) is 10.7. The molecule has 96 valence electrons. The van der Waals surface area contributed by atoms with Crippen LogP contribution >= 0.6 is 0 Å². The van der Waals surface area contributed by atoms with Gasteiger partial charge in [0.05, 0.1) is 24.4 Å². The Morgan fingerprint density at radius 1 is 1.50 bits per heavy atom. The lowest BCUT2D eigenvalue weighted by Gasteiger charge is -2.09. The van der Waals surface area contributed by atoms with Crippen molar-refractivity contribution < 1.29 is 17.9 Å². The molecular weight excluding hydrogens is 256 g/mol. The van der Waals surface area contributed by atoms with E-state index in [1.807, 2.05) is 6.07 Å². The maximum absolute atomic E-state index is 11.4. The maximum atomic E-state index is 11.4. The quantitative estimate of drug-likeness (QED) is 0.860.